The Labute approximate surface area is 86.5 Å². The monoisotopic (exact) mass is 196 g/mol. The van der Waals surface area contributed by atoms with E-state index in [0.29, 0.717) is 0 Å². The van der Waals surface area contributed by atoms with Crippen molar-refractivity contribution in [2.75, 3.05) is 20.2 Å². The number of likely N-dealkylation sites (N-methyl/N-ethyl adjacent to an activating group) is 1. The summed E-state index contributed by atoms with van der Waals surface area (Å²) in [5.74, 6) is 0. The van der Waals surface area contributed by atoms with Crippen molar-refractivity contribution in [3.8, 4) is 0 Å². The van der Waals surface area contributed by atoms with Crippen LogP contribution in [0.4, 0.5) is 0 Å². The molecule has 1 aliphatic rings. The van der Waals surface area contributed by atoms with Crippen molar-refractivity contribution in [2.45, 2.75) is 27.2 Å². The maximum atomic E-state index is 5.68. The van der Waals surface area contributed by atoms with Gasteiger partial charge in [0.25, 0.3) is 6.02 Å². The Hall–Kier alpha value is -0.990. The fourth-order valence-electron chi connectivity index (χ4n) is 1.01. The summed E-state index contributed by atoms with van der Waals surface area (Å²) in [6.45, 7) is 8.18. The van der Waals surface area contributed by atoms with Crippen LogP contribution < -0.4 is 0 Å². The normalized spacial score (nSPS) is 16.9. The van der Waals surface area contributed by atoms with Crippen molar-refractivity contribution < 1.29 is 4.74 Å². The van der Waals surface area contributed by atoms with Gasteiger partial charge in [0.15, 0.2) is 0 Å². The molecule has 1 rings (SSSR count). The molecule has 0 saturated heterocycles. The van der Waals surface area contributed by atoms with Crippen molar-refractivity contribution in [3.05, 3.63) is 12.3 Å². The third-order valence-electron chi connectivity index (χ3n) is 2.55. The molecule has 80 valence electrons. The lowest BCUT2D eigenvalue weighted by Gasteiger charge is -2.27. The van der Waals surface area contributed by atoms with E-state index in [9.17, 15) is 0 Å². The fourth-order valence-corrected chi connectivity index (χ4v) is 1.01. The van der Waals surface area contributed by atoms with Crippen LogP contribution in [0.15, 0.2) is 17.3 Å². The van der Waals surface area contributed by atoms with Gasteiger partial charge in [0.05, 0.1) is 6.61 Å². The molecule has 0 spiro atoms. The van der Waals surface area contributed by atoms with E-state index in [1.54, 1.807) is 6.20 Å². The predicted molar refractivity (Wildman–Crippen MR) is 59.2 cm³/mol. The highest BCUT2D eigenvalue weighted by atomic mass is 16.5. The van der Waals surface area contributed by atoms with Gasteiger partial charge in [0.2, 0.25) is 0 Å². The van der Waals surface area contributed by atoms with E-state index in [1.807, 2.05) is 18.0 Å². The molecule has 0 unspecified atom stereocenters. The Kier molecular flexibility index (Phi) is 3.55. The maximum absolute atomic E-state index is 5.68. The maximum Gasteiger partial charge on any atom is 0.292 e. The first-order valence-electron chi connectivity index (χ1n) is 5.12. The number of hydrogen-bond donors (Lipinski definition) is 0. The molecule has 14 heavy (non-hydrogen) atoms. The number of rotatable bonds is 3. The topological polar surface area (TPSA) is 24.8 Å². The Balaban J connectivity index is 2.44. The van der Waals surface area contributed by atoms with Gasteiger partial charge in [0.1, 0.15) is 0 Å². The van der Waals surface area contributed by atoms with Crippen molar-refractivity contribution >= 4 is 6.02 Å². The van der Waals surface area contributed by atoms with Gasteiger partial charge < -0.3 is 9.64 Å². The lowest BCUT2D eigenvalue weighted by atomic mass is 9.92. The minimum absolute atomic E-state index is 0.227. The molecular formula is C11H20N2O. The van der Waals surface area contributed by atoms with Gasteiger partial charge in [-0.1, -0.05) is 20.8 Å². The third kappa shape index (κ3) is 3.05. The molecule has 0 atom stereocenters. The van der Waals surface area contributed by atoms with E-state index >= 15 is 0 Å². The van der Waals surface area contributed by atoms with Crippen molar-refractivity contribution in [1.82, 2.24) is 4.90 Å². The number of nitrogens with zero attached hydrogens (tertiary/aromatic N) is 2. The van der Waals surface area contributed by atoms with Crippen molar-refractivity contribution in [1.29, 1.82) is 0 Å². The highest BCUT2D eigenvalue weighted by molar-refractivity contribution is 5.75. The second-order valence-corrected chi connectivity index (χ2v) is 4.48. The molecular weight excluding hydrogens is 176 g/mol. The largest absolute Gasteiger partial charge is 0.464 e. The summed E-state index contributed by atoms with van der Waals surface area (Å²) in [6, 6.07) is 0.731. The fraction of sp³-hybridized carbons (Fsp3) is 0.727. The van der Waals surface area contributed by atoms with Crippen LogP contribution in [0.1, 0.15) is 27.2 Å². The average Bonchev–Trinajstić information content (AvgIpc) is 2.17. The lowest BCUT2D eigenvalue weighted by molar-refractivity contribution is 0.143. The van der Waals surface area contributed by atoms with Gasteiger partial charge in [-0.25, -0.2) is 4.99 Å². The Morgan fingerprint density at radius 3 is 2.86 bits per heavy atom. The highest BCUT2D eigenvalue weighted by Crippen LogP contribution is 2.20. The van der Waals surface area contributed by atoms with Gasteiger partial charge in [-0.2, -0.15) is 0 Å². The Morgan fingerprint density at radius 1 is 1.57 bits per heavy atom. The summed E-state index contributed by atoms with van der Waals surface area (Å²) in [6.07, 6.45) is 4.92. The molecule has 3 heteroatoms. The SMILES string of the molecule is CCC(C)(C)COC1=NC=CCN1C. The van der Waals surface area contributed by atoms with E-state index in [-0.39, 0.29) is 5.41 Å². The number of hydrogen-bond acceptors (Lipinski definition) is 3. The first-order valence-corrected chi connectivity index (χ1v) is 5.12. The summed E-state index contributed by atoms with van der Waals surface area (Å²) in [5, 5.41) is 0. The van der Waals surface area contributed by atoms with Gasteiger partial charge >= 0.3 is 0 Å². The van der Waals surface area contributed by atoms with Crippen LogP contribution >= 0.6 is 0 Å². The van der Waals surface area contributed by atoms with E-state index in [1.165, 1.54) is 0 Å². The predicted octanol–water partition coefficient (Wildman–Crippen LogP) is 2.25. The zero-order valence-electron chi connectivity index (χ0n) is 9.58. The lowest BCUT2D eigenvalue weighted by Crippen LogP contribution is -2.33. The summed E-state index contributed by atoms with van der Waals surface area (Å²) in [4.78, 5) is 6.19. The van der Waals surface area contributed by atoms with Crippen LogP contribution in [0, 0.1) is 5.41 Å². The molecule has 0 amide bonds. The van der Waals surface area contributed by atoms with Gasteiger partial charge in [0, 0.05) is 19.8 Å². The summed E-state index contributed by atoms with van der Waals surface area (Å²) >= 11 is 0. The zero-order valence-corrected chi connectivity index (χ0v) is 9.58. The van der Waals surface area contributed by atoms with E-state index in [0.717, 1.165) is 25.6 Å². The minimum Gasteiger partial charge on any atom is -0.464 e. The molecule has 0 N–H and O–H groups in total. The second-order valence-electron chi connectivity index (χ2n) is 4.48. The molecule has 1 aliphatic heterocycles. The summed E-state index contributed by atoms with van der Waals surface area (Å²) in [7, 11) is 1.99. The third-order valence-corrected chi connectivity index (χ3v) is 2.55. The van der Waals surface area contributed by atoms with Gasteiger partial charge in [-0.15, -0.1) is 0 Å². The molecule has 0 aromatic carbocycles. The molecule has 1 heterocycles. The molecule has 0 aliphatic carbocycles. The molecule has 0 bridgehead atoms. The van der Waals surface area contributed by atoms with Crippen molar-refractivity contribution in [3.63, 3.8) is 0 Å². The van der Waals surface area contributed by atoms with Crippen molar-refractivity contribution in [2.24, 2.45) is 10.4 Å². The van der Waals surface area contributed by atoms with Gasteiger partial charge in [-0.3, -0.25) is 0 Å². The van der Waals surface area contributed by atoms with Crippen LogP contribution in [-0.2, 0) is 4.74 Å². The van der Waals surface area contributed by atoms with Crippen LogP contribution in [0.5, 0.6) is 0 Å². The average molecular weight is 196 g/mol. The highest BCUT2D eigenvalue weighted by Gasteiger charge is 2.18. The Bertz CT molecular complexity index is 244. The molecule has 0 radical (unpaired) electrons. The second kappa shape index (κ2) is 4.49. The first-order chi connectivity index (χ1) is 6.55. The van der Waals surface area contributed by atoms with E-state index in [4.69, 9.17) is 4.74 Å². The van der Waals surface area contributed by atoms with Crippen LogP contribution in [-0.4, -0.2) is 31.1 Å². The van der Waals surface area contributed by atoms with E-state index < -0.39 is 0 Å². The molecule has 0 fully saturated rings. The van der Waals surface area contributed by atoms with E-state index in [2.05, 4.69) is 25.8 Å². The summed E-state index contributed by atoms with van der Waals surface area (Å²) < 4.78 is 5.68. The molecule has 0 aromatic heterocycles. The minimum atomic E-state index is 0.227. The van der Waals surface area contributed by atoms with Crippen LogP contribution in [0.2, 0.25) is 0 Å². The molecule has 0 aromatic rings. The summed E-state index contributed by atoms with van der Waals surface area (Å²) in [5.41, 5.74) is 0.227. The molecule has 3 nitrogen and oxygen atoms in total. The first kappa shape index (κ1) is 11.1. The molecule has 0 saturated carbocycles. The smallest absolute Gasteiger partial charge is 0.292 e. The van der Waals surface area contributed by atoms with Gasteiger partial charge in [-0.05, 0) is 17.9 Å². The standard InChI is InChI=1S/C11H20N2O/c1-5-11(2,3)9-14-10-12-7-6-8-13(10)4/h6-7H,5,8-9H2,1-4H3. The zero-order chi connectivity index (χ0) is 10.6. The number of aliphatic imine (C=N–C) groups is 1. The quantitative estimate of drug-likeness (QED) is 0.691. The van der Waals surface area contributed by atoms with Crippen LogP contribution in [0.3, 0.4) is 0 Å². The Morgan fingerprint density at radius 2 is 2.29 bits per heavy atom. The number of amidine groups is 1. The van der Waals surface area contributed by atoms with Crippen LogP contribution in [0.25, 0.3) is 0 Å². The number of ether oxygens (including phenoxy) is 1.